The molecule has 5 nitrogen and oxygen atoms in total. The molecule has 1 aliphatic heterocycles. The summed E-state index contributed by atoms with van der Waals surface area (Å²) in [4.78, 5) is 4.60. The first-order valence-corrected chi connectivity index (χ1v) is 7.94. The van der Waals surface area contributed by atoms with Crippen LogP contribution in [-0.2, 0) is 23.2 Å². The third-order valence-corrected chi connectivity index (χ3v) is 4.76. The number of hydrogen-bond acceptors (Lipinski definition) is 4. The van der Waals surface area contributed by atoms with Gasteiger partial charge in [0, 0.05) is 5.56 Å². The molecule has 0 bridgehead atoms. The molecule has 0 fully saturated rings. The number of rotatable bonds is 3. The third-order valence-electron chi connectivity index (χ3n) is 3.36. The zero-order chi connectivity index (χ0) is 14.9. The number of aliphatic hydroxyl groups excluding tert-OH is 1. The fourth-order valence-corrected chi connectivity index (χ4v) is 3.53. The quantitative estimate of drug-likeness (QED) is 0.900. The SMILES string of the molecule is O=S1(=O)NC(=NCc2ccccc2CO)c2ccccc21. The molecule has 6 heteroatoms. The van der Waals surface area contributed by atoms with Crippen LogP contribution in [0.2, 0.25) is 0 Å². The third kappa shape index (κ3) is 2.55. The van der Waals surface area contributed by atoms with Crippen LogP contribution in [0.15, 0.2) is 58.4 Å². The minimum absolute atomic E-state index is 0.0661. The minimum atomic E-state index is -3.51. The van der Waals surface area contributed by atoms with E-state index in [9.17, 15) is 13.5 Å². The number of fused-ring (bicyclic) bond motifs is 1. The molecule has 108 valence electrons. The molecule has 0 spiro atoms. The second-order valence-corrected chi connectivity index (χ2v) is 6.34. The molecular weight excluding hydrogens is 288 g/mol. The van der Waals surface area contributed by atoms with Gasteiger partial charge in [-0.15, -0.1) is 0 Å². The Hall–Kier alpha value is -2.18. The van der Waals surface area contributed by atoms with Crippen molar-refractivity contribution in [3.8, 4) is 0 Å². The van der Waals surface area contributed by atoms with Crippen LogP contribution in [0, 0.1) is 0 Å². The number of aliphatic hydroxyl groups is 1. The summed E-state index contributed by atoms with van der Waals surface area (Å²) in [5.74, 6) is 0.346. The van der Waals surface area contributed by atoms with E-state index >= 15 is 0 Å². The van der Waals surface area contributed by atoms with Crippen molar-refractivity contribution < 1.29 is 13.5 Å². The molecule has 0 aliphatic carbocycles. The highest BCUT2D eigenvalue weighted by atomic mass is 32.2. The number of hydrogen-bond donors (Lipinski definition) is 2. The molecule has 1 aliphatic rings. The predicted molar refractivity (Wildman–Crippen MR) is 79.4 cm³/mol. The Labute approximate surface area is 123 Å². The lowest BCUT2D eigenvalue weighted by Gasteiger charge is -2.05. The van der Waals surface area contributed by atoms with E-state index in [2.05, 4.69) is 9.71 Å². The van der Waals surface area contributed by atoms with Crippen molar-refractivity contribution >= 4 is 15.9 Å². The number of amidine groups is 1. The van der Waals surface area contributed by atoms with Gasteiger partial charge in [0.25, 0.3) is 10.0 Å². The van der Waals surface area contributed by atoms with E-state index in [0.717, 1.165) is 11.1 Å². The molecule has 0 saturated heterocycles. The van der Waals surface area contributed by atoms with Gasteiger partial charge in [-0.2, -0.15) is 0 Å². The van der Waals surface area contributed by atoms with E-state index in [1.165, 1.54) is 0 Å². The van der Waals surface area contributed by atoms with Crippen LogP contribution in [0.5, 0.6) is 0 Å². The van der Waals surface area contributed by atoms with Gasteiger partial charge in [-0.1, -0.05) is 36.4 Å². The first-order valence-electron chi connectivity index (χ1n) is 6.46. The van der Waals surface area contributed by atoms with Gasteiger partial charge in [-0.3, -0.25) is 9.71 Å². The van der Waals surface area contributed by atoms with Crippen LogP contribution in [0.1, 0.15) is 16.7 Å². The summed E-state index contributed by atoms with van der Waals surface area (Å²) in [7, 11) is -3.51. The van der Waals surface area contributed by atoms with E-state index < -0.39 is 10.0 Å². The average molecular weight is 302 g/mol. The van der Waals surface area contributed by atoms with E-state index in [1.54, 1.807) is 24.3 Å². The summed E-state index contributed by atoms with van der Waals surface area (Å²) in [5, 5.41) is 9.29. The number of benzene rings is 2. The van der Waals surface area contributed by atoms with Gasteiger partial charge in [0.1, 0.15) is 5.84 Å². The molecule has 2 aromatic carbocycles. The zero-order valence-electron chi connectivity index (χ0n) is 11.2. The average Bonchev–Trinajstić information content (AvgIpc) is 2.77. The van der Waals surface area contributed by atoms with Crippen LogP contribution >= 0.6 is 0 Å². The molecule has 0 aromatic heterocycles. The molecule has 2 aromatic rings. The Morgan fingerprint density at radius 2 is 1.67 bits per heavy atom. The van der Waals surface area contributed by atoms with Gasteiger partial charge in [-0.25, -0.2) is 8.42 Å². The van der Waals surface area contributed by atoms with E-state index in [-0.39, 0.29) is 11.5 Å². The summed E-state index contributed by atoms with van der Waals surface area (Å²) >= 11 is 0. The van der Waals surface area contributed by atoms with Gasteiger partial charge in [0.2, 0.25) is 0 Å². The smallest absolute Gasteiger partial charge is 0.263 e. The number of nitrogens with zero attached hydrogens (tertiary/aromatic N) is 1. The van der Waals surface area contributed by atoms with Crippen molar-refractivity contribution in [2.75, 3.05) is 0 Å². The van der Waals surface area contributed by atoms with Gasteiger partial charge >= 0.3 is 0 Å². The van der Waals surface area contributed by atoms with Crippen LogP contribution in [0.3, 0.4) is 0 Å². The Bertz CT molecular complexity index is 813. The molecule has 0 amide bonds. The molecule has 0 unspecified atom stereocenters. The fourth-order valence-electron chi connectivity index (χ4n) is 2.28. The molecule has 1 heterocycles. The number of nitrogens with one attached hydrogen (secondary N) is 1. The van der Waals surface area contributed by atoms with E-state index in [1.807, 2.05) is 24.3 Å². The van der Waals surface area contributed by atoms with Crippen LogP contribution in [0.4, 0.5) is 0 Å². The van der Waals surface area contributed by atoms with Crippen molar-refractivity contribution in [1.82, 2.24) is 4.72 Å². The molecule has 0 atom stereocenters. The summed E-state index contributed by atoms with van der Waals surface area (Å²) in [6.07, 6.45) is 0. The second-order valence-electron chi connectivity index (χ2n) is 4.69. The maximum atomic E-state index is 12.0. The van der Waals surface area contributed by atoms with Crippen LogP contribution in [0.25, 0.3) is 0 Å². The fraction of sp³-hybridized carbons (Fsp3) is 0.133. The predicted octanol–water partition coefficient (Wildman–Crippen LogP) is 1.42. The highest BCUT2D eigenvalue weighted by Crippen LogP contribution is 2.22. The van der Waals surface area contributed by atoms with Gasteiger partial charge in [-0.05, 0) is 23.3 Å². The molecule has 3 rings (SSSR count). The van der Waals surface area contributed by atoms with Gasteiger partial charge < -0.3 is 5.11 Å². The van der Waals surface area contributed by atoms with E-state index in [4.69, 9.17) is 0 Å². The van der Waals surface area contributed by atoms with Crippen molar-refractivity contribution in [1.29, 1.82) is 0 Å². The highest BCUT2D eigenvalue weighted by Gasteiger charge is 2.29. The van der Waals surface area contributed by atoms with Crippen molar-refractivity contribution in [3.63, 3.8) is 0 Å². The normalized spacial score (nSPS) is 17.5. The topological polar surface area (TPSA) is 78.8 Å². The van der Waals surface area contributed by atoms with E-state index in [0.29, 0.717) is 17.9 Å². The maximum Gasteiger partial charge on any atom is 0.263 e. The monoisotopic (exact) mass is 302 g/mol. The standard InChI is InChI=1S/C15H14N2O3S/c18-10-12-6-2-1-5-11(12)9-16-15-13-7-3-4-8-14(13)21(19,20)17-15/h1-8,18H,9-10H2,(H,16,17). The molecule has 0 radical (unpaired) electrons. The lowest BCUT2D eigenvalue weighted by atomic mass is 10.1. The zero-order valence-corrected chi connectivity index (χ0v) is 12.0. The second kappa shape index (κ2) is 5.31. The lowest BCUT2D eigenvalue weighted by molar-refractivity contribution is 0.280. The first kappa shape index (κ1) is 13.8. The Morgan fingerprint density at radius 1 is 1.00 bits per heavy atom. The molecular formula is C15H14N2O3S. The maximum absolute atomic E-state index is 12.0. The summed E-state index contributed by atoms with van der Waals surface area (Å²) < 4.78 is 26.4. The number of aliphatic imine (C=N–C) groups is 1. The highest BCUT2D eigenvalue weighted by molar-refractivity contribution is 7.90. The van der Waals surface area contributed by atoms with Crippen LogP contribution < -0.4 is 4.72 Å². The Balaban J connectivity index is 1.96. The lowest BCUT2D eigenvalue weighted by Crippen LogP contribution is -2.22. The molecule has 0 saturated carbocycles. The molecule has 21 heavy (non-hydrogen) atoms. The van der Waals surface area contributed by atoms with Crippen molar-refractivity contribution in [3.05, 3.63) is 65.2 Å². The van der Waals surface area contributed by atoms with Gasteiger partial charge in [0.15, 0.2) is 0 Å². The first-order chi connectivity index (χ1) is 10.1. The summed E-state index contributed by atoms with van der Waals surface area (Å²) in [5.41, 5.74) is 2.24. The van der Waals surface area contributed by atoms with Crippen molar-refractivity contribution in [2.24, 2.45) is 4.99 Å². The number of sulfonamides is 1. The summed E-state index contributed by atoms with van der Waals surface area (Å²) in [6.45, 7) is 0.242. The molecule has 2 N–H and O–H groups in total. The van der Waals surface area contributed by atoms with Crippen LogP contribution in [-0.4, -0.2) is 19.4 Å². The largest absolute Gasteiger partial charge is 0.392 e. The minimum Gasteiger partial charge on any atom is -0.392 e. The van der Waals surface area contributed by atoms with Crippen molar-refractivity contribution in [2.45, 2.75) is 18.0 Å². The Morgan fingerprint density at radius 3 is 2.43 bits per heavy atom. The Kier molecular flexibility index (Phi) is 3.48. The summed E-state index contributed by atoms with van der Waals surface area (Å²) in [6, 6.07) is 14.1. The van der Waals surface area contributed by atoms with Gasteiger partial charge in [0.05, 0.1) is 18.0 Å².